The summed E-state index contributed by atoms with van der Waals surface area (Å²) in [7, 11) is 0. The molecule has 0 fully saturated rings. The standard InChI is InChI=1S/C6H8N2O2/c9-5-10-4-1-6-7-2-3-8-6/h2-3,5H,1,4H2,(H,7,8). The number of carbonyl (C=O) groups is 1. The Morgan fingerprint density at radius 2 is 2.70 bits per heavy atom. The molecular weight excluding hydrogens is 132 g/mol. The molecule has 0 amide bonds. The molecule has 1 N–H and O–H groups in total. The van der Waals surface area contributed by atoms with E-state index in [0.29, 0.717) is 19.5 Å². The van der Waals surface area contributed by atoms with Gasteiger partial charge in [-0.25, -0.2) is 4.98 Å². The van der Waals surface area contributed by atoms with E-state index in [1.54, 1.807) is 12.4 Å². The van der Waals surface area contributed by atoms with Gasteiger partial charge in [0.15, 0.2) is 0 Å². The van der Waals surface area contributed by atoms with Gasteiger partial charge in [0, 0.05) is 18.8 Å². The third-order valence-electron chi connectivity index (χ3n) is 1.08. The number of H-pyrrole nitrogens is 1. The van der Waals surface area contributed by atoms with Gasteiger partial charge in [0.2, 0.25) is 0 Å². The maximum absolute atomic E-state index is 9.68. The third-order valence-corrected chi connectivity index (χ3v) is 1.08. The number of imidazole rings is 1. The summed E-state index contributed by atoms with van der Waals surface area (Å²) in [6.07, 6.45) is 4.04. The number of aromatic amines is 1. The fourth-order valence-corrected chi connectivity index (χ4v) is 0.638. The Balaban J connectivity index is 2.21. The van der Waals surface area contributed by atoms with Gasteiger partial charge in [-0.3, -0.25) is 4.79 Å². The lowest BCUT2D eigenvalue weighted by Crippen LogP contribution is -1.97. The van der Waals surface area contributed by atoms with Crippen molar-refractivity contribution in [3.63, 3.8) is 0 Å². The zero-order valence-corrected chi connectivity index (χ0v) is 5.41. The molecule has 4 heteroatoms. The molecule has 0 atom stereocenters. The van der Waals surface area contributed by atoms with Crippen molar-refractivity contribution in [3.05, 3.63) is 18.2 Å². The van der Waals surface area contributed by atoms with Crippen LogP contribution >= 0.6 is 0 Å². The summed E-state index contributed by atoms with van der Waals surface area (Å²) in [4.78, 5) is 16.5. The Morgan fingerprint density at radius 3 is 3.30 bits per heavy atom. The Morgan fingerprint density at radius 1 is 1.80 bits per heavy atom. The first kappa shape index (κ1) is 6.80. The number of hydrogen-bond acceptors (Lipinski definition) is 3. The highest BCUT2D eigenvalue weighted by Gasteiger charge is 1.92. The molecule has 0 unspecified atom stereocenters. The van der Waals surface area contributed by atoms with E-state index in [1.807, 2.05) is 0 Å². The fourth-order valence-electron chi connectivity index (χ4n) is 0.638. The van der Waals surface area contributed by atoms with Crippen LogP contribution in [-0.4, -0.2) is 23.0 Å². The molecule has 1 rings (SSSR count). The van der Waals surface area contributed by atoms with Crippen molar-refractivity contribution in [2.45, 2.75) is 6.42 Å². The van der Waals surface area contributed by atoms with Gasteiger partial charge < -0.3 is 9.72 Å². The lowest BCUT2D eigenvalue weighted by atomic mass is 10.4. The van der Waals surface area contributed by atoms with E-state index in [4.69, 9.17) is 0 Å². The minimum absolute atomic E-state index is 0.386. The molecule has 0 aliphatic heterocycles. The molecule has 1 aromatic heterocycles. The molecule has 4 nitrogen and oxygen atoms in total. The lowest BCUT2D eigenvalue weighted by molar-refractivity contribution is -0.128. The number of rotatable bonds is 4. The topological polar surface area (TPSA) is 55.0 Å². The van der Waals surface area contributed by atoms with Crippen molar-refractivity contribution in [1.82, 2.24) is 9.97 Å². The number of hydrogen-bond donors (Lipinski definition) is 1. The first-order valence-corrected chi connectivity index (χ1v) is 2.97. The molecule has 0 bridgehead atoms. The lowest BCUT2D eigenvalue weighted by Gasteiger charge is -1.93. The quantitative estimate of drug-likeness (QED) is 0.477. The van der Waals surface area contributed by atoms with E-state index in [-0.39, 0.29) is 0 Å². The zero-order valence-electron chi connectivity index (χ0n) is 5.41. The van der Waals surface area contributed by atoms with Crippen LogP contribution in [0, 0.1) is 0 Å². The molecule has 0 radical (unpaired) electrons. The Bertz CT molecular complexity index is 184. The van der Waals surface area contributed by atoms with Crippen molar-refractivity contribution in [1.29, 1.82) is 0 Å². The van der Waals surface area contributed by atoms with Crippen molar-refractivity contribution >= 4 is 6.47 Å². The Labute approximate surface area is 58.2 Å². The second-order valence-electron chi connectivity index (χ2n) is 1.75. The van der Waals surface area contributed by atoms with Crippen molar-refractivity contribution < 1.29 is 9.53 Å². The summed E-state index contributed by atoms with van der Waals surface area (Å²) in [6, 6.07) is 0. The van der Waals surface area contributed by atoms with E-state index >= 15 is 0 Å². The van der Waals surface area contributed by atoms with Gasteiger partial charge in [0.25, 0.3) is 6.47 Å². The predicted octanol–water partition coefficient (Wildman–Crippen LogP) is 0.125. The zero-order chi connectivity index (χ0) is 7.23. The largest absolute Gasteiger partial charge is 0.467 e. The average Bonchev–Trinajstić information content (AvgIpc) is 2.41. The van der Waals surface area contributed by atoms with Crippen molar-refractivity contribution in [2.24, 2.45) is 0 Å². The number of carbonyl (C=O) groups excluding carboxylic acids is 1. The highest BCUT2D eigenvalue weighted by atomic mass is 16.5. The normalized spacial score (nSPS) is 9.20. The van der Waals surface area contributed by atoms with Gasteiger partial charge in [-0.15, -0.1) is 0 Å². The highest BCUT2D eigenvalue weighted by molar-refractivity contribution is 5.36. The molecule has 1 heterocycles. The maximum atomic E-state index is 9.68. The summed E-state index contributed by atoms with van der Waals surface area (Å²) < 4.78 is 4.47. The minimum Gasteiger partial charge on any atom is -0.467 e. The average molecular weight is 140 g/mol. The predicted molar refractivity (Wildman–Crippen MR) is 34.3 cm³/mol. The molecule has 0 saturated heterocycles. The third kappa shape index (κ3) is 1.89. The van der Waals surface area contributed by atoms with Crippen LogP contribution in [0.1, 0.15) is 5.82 Å². The molecule has 0 aromatic carbocycles. The number of nitrogens with zero attached hydrogens (tertiary/aromatic N) is 1. The van der Waals surface area contributed by atoms with Crippen LogP contribution in [0.15, 0.2) is 12.4 Å². The molecule has 0 aliphatic carbocycles. The van der Waals surface area contributed by atoms with Gasteiger partial charge in [-0.1, -0.05) is 0 Å². The summed E-state index contributed by atoms with van der Waals surface area (Å²) in [5.41, 5.74) is 0. The Kier molecular flexibility index (Phi) is 2.49. The van der Waals surface area contributed by atoms with Crippen LogP contribution in [0.2, 0.25) is 0 Å². The molecule has 0 saturated carbocycles. The Hall–Kier alpha value is -1.32. The van der Waals surface area contributed by atoms with Crippen LogP contribution in [0.5, 0.6) is 0 Å². The highest BCUT2D eigenvalue weighted by Crippen LogP contribution is 1.88. The number of nitrogens with one attached hydrogen (secondary N) is 1. The first-order valence-electron chi connectivity index (χ1n) is 2.97. The number of ether oxygens (including phenoxy) is 1. The molecule has 54 valence electrons. The fraction of sp³-hybridized carbons (Fsp3) is 0.333. The van der Waals surface area contributed by atoms with E-state index in [9.17, 15) is 4.79 Å². The smallest absolute Gasteiger partial charge is 0.293 e. The molecule has 1 aromatic rings. The second-order valence-corrected chi connectivity index (χ2v) is 1.75. The molecule has 10 heavy (non-hydrogen) atoms. The molecular formula is C6H8N2O2. The van der Waals surface area contributed by atoms with Crippen LogP contribution in [0.4, 0.5) is 0 Å². The van der Waals surface area contributed by atoms with Gasteiger partial charge in [0.05, 0.1) is 6.61 Å². The summed E-state index contributed by atoms with van der Waals surface area (Å²) in [5, 5.41) is 0. The molecule has 0 aliphatic rings. The minimum atomic E-state index is 0.386. The van der Waals surface area contributed by atoms with E-state index < -0.39 is 0 Å². The van der Waals surface area contributed by atoms with Gasteiger partial charge >= 0.3 is 0 Å². The summed E-state index contributed by atoms with van der Waals surface area (Å²) >= 11 is 0. The molecule has 0 spiro atoms. The van der Waals surface area contributed by atoms with Crippen LogP contribution in [0.3, 0.4) is 0 Å². The van der Waals surface area contributed by atoms with E-state index in [1.165, 1.54) is 0 Å². The summed E-state index contributed by atoms with van der Waals surface area (Å²) in [6.45, 7) is 0.819. The number of aromatic nitrogens is 2. The van der Waals surface area contributed by atoms with Gasteiger partial charge in [0.1, 0.15) is 5.82 Å². The van der Waals surface area contributed by atoms with Crippen LogP contribution in [-0.2, 0) is 16.0 Å². The monoisotopic (exact) mass is 140 g/mol. The van der Waals surface area contributed by atoms with Crippen molar-refractivity contribution in [2.75, 3.05) is 6.61 Å². The van der Waals surface area contributed by atoms with Gasteiger partial charge in [-0.2, -0.15) is 0 Å². The summed E-state index contributed by atoms with van der Waals surface area (Å²) in [5.74, 6) is 0.835. The maximum Gasteiger partial charge on any atom is 0.293 e. The SMILES string of the molecule is O=COCCc1ncc[nH]1. The van der Waals surface area contributed by atoms with Crippen molar-refractivity contribution in [3.8, 4) is 0 Å². The van der Waals surface area contributed by atoms with Crippen LogP contribution < -0.4 is 0 Å². The van der Waals surface area contributed by atoms with Gasteiger partial charge in [-0.05, 0) is 0 Å². The van der Waals surface area contributed by atoms with E-state index in [0.717, 1.165) is 5.82 Å². The first-order chi connectivity index (χ1) is 4.93. The second kappa shape index (κ2) is 3.66. The van der Waals surface area contributed by atoms with Crippen LogP contribution in [0.25, 0.3) is 0 Å². The van der Waals surface area contributed by atoms with E-state index in [2.05, 4.69) is 14.7 Å².